The molecule has 0 bridgehead atoms. The van der Waals surface area contributed by atoms with Gasteiger partial charge in [0.1, 0.15) is 5.82 Å². The molecule has 2 heterocycles. The zero-order valence-corrected chi connectivity index (χ0v) is 16.5. The summed E-state index contributed by atoms with van der Waals surface area (Å²) >= 11 is 0. The lowest BCUT2D eigenvalue weighted by Crippen LogP contribution is -2.17. The van der Waals surface area contributed by atoms with Crippen LogP contribution in [-0.4, -0.2) is 24.1 Å². The molecule has 10 heteroatoms. The van der Waals surface area contributed by atoms with Crippen molar-refractivity contribution in [1.29, 1.82) is 0 Å². The molecule has 0 fully saturated rings. The number of sulfone groups is 1. The lowest BCUT2D eigenvalue weighted by Gasteiger charge is -2.12. The molecule has 6 nitrogen and oxygen atoms in total. The first kappa shape index (κ1) is 20.1. The Balaban J connectivity index is 1.72. The lowest BCUT2D eigenvalue weighted by molar-refractivity contribution is -0.137. The Kier molecular flexibility index (Phi) is 4.69. The quantitative estimate of drug-likeness (QED) is 0.677. The molecule has 156 valence electrons. The highest BCUT2D eigenvalue weighted by Crippen LogP contribution is 2.34. The molecule has 1 N–H and O–H groups in total. The van der Waals surface area contributed by atoms with Crippen LogP contribution in [0.2, 0.25) is 0 Å². The molecule has 2 aromatic carbocycles. The molecule has 0 atom stereocenters. The summed E-state index contributed by atoms with van der Waals surface area (Å²) < 4.78 is 63.8. The van der Waals surface area contributed by atoms with Crippen LogP contribution in [0.4, 0.5) is 19.0 Å². The number of carbonyl (C=O) groups is 1. The number of nitrogens with one attached hydrogen (secondary N) is 1. The number of alkyl halides is 3. The molecule has 1 aromatic heterocycles. The van der Waals surface area contributed by atoms with Crippen LogP contribution in [0.25, 0.3) is 5.69 Å². The van der Waals surface area contributed by atoms with Gasteiger partial charge in [0.05, 0.1) is 28.5 Å². The Labute approximate surface area is 170 Å². The number of hydrogen-bond acceptors (Lipinski definition) is 4. The third kappa shape index (κ3) is 3.82. The highest BCUT2D eigenvalue weighted by Gasteiger charge is 2.34. The van der Waals surface area contributed by atoms with E-state index in [0.717, 1.165) is 29.8 Å². The summed E-state index contributed by atoms with van der Waals surface area (Å²) in [7, 11) is -3.37. The van der Waals surface area contributed by atoms with Gasteiger partial charge in [-0.1, -0.05) is 12.1 Å². The number of carbonyl (C=O) groups excluding carboxylic acids is 1. The minimum atomic E-state index is -4.51. The van der Waals surface area contributed by atoms with Crippen molar-refractivity contribution >= 4 is 21.6 Å². The Morgan fingerprint density at radius 2 is 1.80 bits per heavy atom. The molecule has 0 spiro atoms. The maximum Gasteiger partial charge on any atom is 0.416 e. The fraction of sp³-hybridized carbons (Fsp3) is 0.200. The second-order valence-electron chi connectivity index (χ2n) is 7.09. The highest BCUT2D eigenvalue weighted by atomic mass is 32.2. The summed E-state index contributed by atoms with van der Waals surface area (Å²) in [5, 5.41) is 7.00. The average Bonchev–Trinajstić information content (AvgIpc) is 3.13. The second kappa shape index (κ2) is 6.98. The molecule has 30 heavy (non-hydrogen) atoms. The van der Waals surface area contributed by atoms with Gasteiger partial charge in [0.15, 0.2) is 9.84 Å². The number of benzene rings is 2. The summed E-state index contributed by atoms with van der Waals surface area (Å²) in [5.41, 5.74) is 1.45. The molecular weight excluding hydrogens is 419 g/mol. The number of halogens is 3. The zero-order chi connectivity index (χ0) is 21.7. The smallest absolute Gasteiger partial charge is 0.306 e. The number of anilines is 1. The Morgan fingerprint density at radius 3 is 2.43 bits per heavy atom. The van der Waals surface area contributed by atoms with Crippen LogP contribution >= 0.6 is 0 Å². The number of nitrogens with zero attached hydrogens (tertiary/aromatic N) is 2. The van der Waals surface area contributed by atoms with Gasteiger partial charge in [-0.3, -0.25) is 4.79 Å². The van der Waals surface area contributed by atoms with Crippen molar-refractivity contribution in [3.63, 3.8) is 0 Å². The van der Waals surface area contributed by atoms with Gasteiger partial charge in [-0.15, -0.1) is 0 Å². The van der Waals surface area contributed by atoms with Crippen molar-refractivity contribution in [2.24, 2.45) is 0 Å². The minimum absolute atomic E-state index is 0.00889. The summed E-state index contributed by atoms with van der Waals surface area (Å²) in [6.07, 6.45) is -4.51. The number of aromatic nitrogens is 2. The van der Waals surface area contributed by atoms with E-state index in [9.17, 15) is 26.4 Å². The number of rotatable bonds is 3. The first-order valence-electron chi connectivity index (χ1n) is 8.90. The van der Waals surface area contributed by atoms with Crippen molar-refractivity contribution < 1.29 is 26.4 Å². The normalized spacial score (nSPS) is 15.1. The van der Waals surface area contributed by atoms with E-state index >= 15 is 0 Å². The number of hydrogen-bond donors (Lipinski definition) is 1. The number of aryl methyl sites for hydroxylation is 1. The molecule has 0 saturated heterocycles. The fourth-order valence-electron chi connectivity index (χ4n) is 3.31. The molecule has 0 saturated carbocycles. The van der Waals surface area contributed by atoms with Crippen LogP contribution in [0.3, 0.4) is 0 Å². The van der Waals surface area contributed by atoms with E-state index in [1.165, 1.54) is 4.68 Å². The highest BCUT2D eigenvalue weighted by molar-refractivity contribution is 7.90. The van der Waals surface area contributed by atoms with E-state index < -0.39 is 27.5 Å². The van der Waals surface area contributed by atoms with E-state index in [1.54, 1.807) is 12.1 Å². The number of fused-ring (bicyclic) bond motifs is 1. The van der Waals surface area contributed by atoms with Crippen molar-refractivity contribution in [2.75, 3.05) is 5.32 Å². The summed E-state index contributed by atoms with van der Waals surface area (Å²) in [4.78, 5) is 12.7. The third-order valence-corrected chi connectivity index (χ3v) is 6.18. The van der Waals surface area contributed by atoms with E-state index in [1.807, 2.05) is 19.1 Å². The Morgan fingerprint density at radius 1 is 1.10 bits per heavy atom. The van der Waals surface area contributed by atoms with Crippen LogP contribution in [-0.2, 0) is 27.5 Å². The monoisotopic (exact) mass is 435 g/mol. The third-order valence-electron chi connectivity index (χ3n) is 4.74. The van der Waals surface area contributed by atoms with Crippen molar-refractivity contribution in [2.45, 2.75) is 24.6 Å². The van der Waals surface area contributed by atoms with Crippen molar-refractivity contribution in [1.82, 2.24) is 9.78 Å². The molecular formula is C20H16F3N3O3S. The average molecular weight is 435 g/mol. The van der Waals surface area contributed by atoms with Gasteiger partial charge >= 0.3 is 6.18 Å². The zero-order valence-electron chi connectivity index (χ0n) is 15.7. The SMILES string of the molecule is Cc1cccc(-n2nc3c(c2NC(=O)c2ccc(C(F)(F)F)cc2)CS(=O)(=O)C3)c1. The standard InChI is InChI=1S/C20H16F3N3O3S/c1-12-3-2-4-15(9-12)26-18(16-10-30(28,29)11-17(16)25-26)24-19(27)13-5-7-14(8-6-13)20(21,22)23/h2-9H,10-11H2,1H3,(H,24,27). The Hall–Kier alpha value is -3.14. The van der Waals surface area contributed by atoms with Crippen LogP contribution in [0.5, 0.6) is 0 Å². The molecule has 3 aromatic rings. The molecule has 1 aliphatic heterocycles. The molecule has 4 rings (SSSR count). The lowest BCUT2D eigenvalue weighted by atomic mass is 10.1. The minimum Gasteiger partial charge on any atom is -0.306 e. The largest absolute Gasteiger partial charge is 0.416 e. The van der Waals surface area contributed by atoms with Crippen molar-refractivity contribution in [3.8, 4) is 5.69 Å². The predicted molar refractivity (Wildman–Crippen MR) is 104 cm³/mol. The van der Waals surface area contributed by atoms with E-state index in [4.69, 9.17) is 0 Å². The first-order chi connectivity index (χ1) is 14.0. The summed E-state index contributed by atoms with van der Waals surface area (Å²) in [6, 6.07) is 11.1. The van der Waals surface area contributed by atoms with E-state index in [2.05, 4.69) is 10.4 Å². The van der Waals surface area contributed by atoms with Gasteiger partial charge in [0.2, 0.25) is 0 Å². The molecule has 0 aliphatic carbocycles. The second-order valence-corrected chi connectivity index (χ2v) is 9.15. The molecule has 0 unspecified atom stereocenters. The van der Waals surface area contributed by atoms with E-state index in [0.29, 0.717) is 16.9 Å². The van der Waals surface area contributed by atoms with Gasteiger partial charge in [0.25, 0.3) is 5.91 Å². The van der Waals surface area contributed by atoms with Gasteiger partial charge in [0, 0.05) is 11.1 Å². The molecule has 0 radical (unpaired) electrons. The predicted octanol–water partition coefficient (Wildman–Crippen LogP) is 3.88. The van der Waals surface area contributed by atoms with Gasteiger partial charge in [-0.2, -0.15) is 18.3 Å². The van der Waals surface area contributed by atoms with Gasteiger partial charge in [-0.25, -0.2) is 13.1 Å². The van der Waals surface area contributed by atoms with E-state index in [-0.39, 0.29) is 22.9 Å². The van der Waals surface area contributed by atoms with Crippen LogP contribution in [0, 0.1) is 6.92 Å². The number of amides is 1. The van der Waals surface area contributed by atoms with Crippen molar-refractivity contribution in [3.05, 3.63) is 76.5 Å². The molecule has 1 aliphatic rings. The summed E-state index contributed by atoms with van der Waals surface area (Å²) in [6.45, 7) is 1.88. The maximum atomic E-state index is 12.8. The van der Waals surface area contributed by atoms with Crippen LogP contribution < -0.4 is 5.32 Å². The fourth-order valence-corrected chi connectivity index (χ4v) is 4.80. The van der Waals surface area contributed by atoms with Crippen LogP contribution in [0.1, 0.15) is 32.7 Å². The first-order valence-corrected chi connectivity index (χ1v) is 10.7. The van der Waals surface area contributed by atoms with Crippen LogP contribution in [0.15, 0.2) is 48.5 Å². The maximum absolute atomic E-state index is 12.8. The van der Waals surface area contributed by atoms with Gasteiger partial charge < -0.3 is 5.32 Å². The van der Waals surface area contributed by atoms with Gasteiger partial charge in [-0.05, 0) is 48.9 Å². The Bertz CT molecular complexity index is 1250. The topological polar surface area (TPSA) is 81.1 Å². The molecule has 1 amide bonds. The summed E-state index contributed by atoms with van der Waals surface area (Å²) in [5.74, 6) is -0.965.